The number of phosphoric acid groups is 1. The molecule has 0 spiro atoms. The summed E-state index contributed by atoms with van der Waals surface area (Å²) in [4.78, 5) is 25.1. The summed E-state index contributed by atoms with van der Waals surface area (Å²) in [6.07, 6.45) is 54.1. The predicted octanol–water partition coefficient (Wildman–Crippen LogP) is 14.5. The van der Waals surface area contributed by atoms with Crippen molar-refractivity contribution in [2.75, 3.05) is 54.1 Å². The summed E-state index contributed by atoms with van der Waals surface area (Å²) in [6, 6.07) is 0. The Morgan fingerprint density at radius 2 is 0.967 bits per heavy atom. The maximum absolute atomic E-state index is 12.7. The Labute approximate surface area is 371 Å². The first-order valence-electron chi connectivity index (χ1n) is 24.9. The summed E-state index contributed by atoms with van der Waals surface area (Å²) < 4.78 is 34.7. The number of likely N-dealkylation sites (N-methyl/N-ethyl adjacent to an activating group) is 1. The van der Waals surface area contributed by atoms with E-state index in [4.69, 9.17) is 18.5 Å². The molecule has 0 radical (unpaired) electrons. The first kappa shape index (κ1) is 58.5. The topological polar surface area (TPSA) is 94.1 Å². The number of carbonyl (C=O) groups excluding carboxylic acids is 1. The standard InChI is InChI=1S/C51H96NO7P/c1-6-8-10-12-14-16-18-20-22-24-26-27-29-31-33-35-37-39-41-43-46-56-48-50(49-58-60(54,55)57-47-45-52(3,4)5)59-51(53)44-42-40-38-36-34-32-30-28-25-23-21-19-17-15-13-11-9-7-2/h8,10,14,16,20,22,26-27,50H,6-7,9,11-13,15,17-19,21,23-25,28-49H2,1-5H3/b10-8-,16-14-,22-20-,27-26-. The summed E-state index contributed by atoms with van der Waals surface area (Å²) in [5, 5.41) is 0. The van der Waals surface area contributed by atoms with Crippen LogP contribution in [0.1, 0.15) is 213 Å². The first-order chi connectivity index (χ1) is 29.1. The third kappa shape index (κ3) is 47.5. The highest BCUT2D eigenvalue weighted by Crippen LogP contribution is 2.38. The maximum atomic E-state index is 12.7. The van der Waals surface area contributed by atoms with Crippen LogP contribution in [0.2, 0.25) is 0 Å². The number of hydrogen-bond acceptors (Lipinski definition) is 7. The third-order valence-corrected chi connectivity index (χ3v) is 11.6. The number of phosphoric ester groups is 1. The molecule has 0 aromatic heterocycles. The lowest BCUT2D eigenvalue weighted by molar-refractivity contribution is -0.870. The number of unbranched alkanes of at least 4 members (excludes halogenated alkanes) is 24. The number of quaternary nitrogens is 1. The number of ether oxygens (including phenoxy) is 2. The van der Waals surface area contributed by atoms with Gasteiger partial charge in [-0.05, 0) is 51.4 Å². The Balaban J connectivity index is 4.17. The van der Waals surface area contributed by atoms with Crippen LogP contribution in [0.15, 0.2) is 48.6 Å². The fourth-order valence-electron chi connectivity index (χ4n) is 6.83. The quantitative estimate of drug-likeness (QED) is 0.0198. The largest absolute Gasteiger partial charge is 0.756 e. The van der Waals surface area contributed by atoms with Crippen LogP contribution >= 0.6 is 7.82 Å². The molecule has 0 heterocycles. The molecule has 0 aliphatic carbocycles. The highest BCUT2D eigenvalue weighted by molar-refractivity contribution is 7.45. The van der Waals surface area contributed by atoms with Crippen LogP contribution in [-0.4, -0.2) is 70.7 Å². The van der Waals surface area contributed by atoms with E-state index in [0.29, 0.717) is 24.1 Å². The average Bonchev–Trinajstić information content (AvgIpc) is 3.20. The van der Waals surface area contributed by atoms with E-state index in [1.54, 1.807) is 0 Å². The van der Waals surface area contributed by atoms with E-state index >= 15 is 0 Å². The number of carbonyl (C=O) groups is 1. The molecule has 0 rings (SSSR count). The highest BCUT2D eigenvalue weighted by atomic mass is 31.2. The van der Waals surface area contributed by atoms with Gasteiger partial charge >= 0.3 is 5.97 Å². The molecular weight excluding hydrogens is 770 g/mol. The Morgan fingerprint density at radius 3 is 1.45 bits per heavy atom. The summed E-state index contributed by atoms with van der Waals surface area (Å²) in [5.74, 6) is -0.336. The SMILES string of the molecule is CC/C=C\C/C=C\C/C=C\C/C=C\CCCCCCCCCOCC(COP(=O)([O-])OCC[N+](C)(C)C)OC(=O)CCCCCCCCCCCCCCCCCCCC. The van der Waals surface area contributed by atoms with Gasteiger partial charge in [-0.1, -0.05) is 204 Å². The normalized spacial score (nSPS) is 14.0. The van der Waals surface area contributed by atoms with E-state index in [1.165, 1.54) is 122 Å². The van der Waals surface area contributed by atoms with Crippen LogP contribution in [0, 0.1) is 0 Å². The molecule has 0 saturated heterocycles. The molecule has 0 aromatic rings. The molecule has 9 heteroatoms. The zero-order valence-corrected chi connectivity index (χ0v) is 40.8. The van der Waals surface area contributed by atoms with Crippen molar-refractivity contribution in [1.82, 2.24) is 0 Å². The zero-order chi connectivity index (χ0) is 44.1. The second-order valence-corrected chi connectivity index (χ2v) is 19.2. The van der Waals surface area contributed by atoms with Crippen molar-refractivity contribution >= 4 is 13.8 Å². The Morgan fingerprint density at radius 1 is 0.533 bits per heavy atom. The molecule has 352 valence electrons. The lowest BCUT2D eigenvalue weighted by atomic mass is 10.0. The van der Waals surface area contributed by atoms with Crippen LogP contribution in [-0.2, 0) is 27.9 Å². The van der Waals surface area contributed by atoms with Gasteiger partial charge < -0.3 is 27.9 Å². The summed E-state index contributed by atoms with van der Waals surface area (Å²) in [6.45, 7) is 5.30. The van der Waals surface area contributed by atoms with Crippen molar-refractivity contribution in [2.45, 2.75) is 219 Å². The van der Waals surface area contributed by atoms with E-state index in [9.17, 15) is 14.3 Å². The van der Waals surface area contributed by atoms with Gasteiger partial charge in [-0.3, -0.25) is 9.36 Å². The molecule has 0 aromatic carbocycles. The molecule has 0 fully saturated rings. The Bertz CT molecular complexity index is 1100. The second-order valence-electron chi connectivity index (χ2n) is 17.8. The molecule has 0 N–H and O–H groups in total. The minimum atomic E-state index is -4.53. The number of nitrogens with zero attached hydrogens (tertiary/aromatic N) is 1. The van der Waals surface area contributed by atoms with E-state index in [1.807, 2.05) is 21.1 Å². The fourth-order valence-corrected chi connectivity index (χ4v) is 7.56. The van der Waals surface area contributed by atoms with E-state index in [0.717, 1.165) is 70.6 Å². The molecule has 60 heavy (non-hydrogen) atoms. The molecule has 8 nitrogen and oxygen atoms in total. The van der Waals surface area contributed by atoms with Gasteiger partial charge in [-0.15, -0.1) is 0 Å². The summed E-state index contributed by atoms with van der Waals surface area (Å²) >= 11 is 0. The van der Waals surface area contributed by atoms with Crippen molar-refractivity contribution in [2.24, 2.45) is 0 Å². The second kappa shape index (κ2) is 44.1. The molecule has 0 aliphatic rings. The highest BCUT2D eigenvalue weighted by Gasteiger charge is 2.20. The van der Waals surface area contributed by atoms with Gasteiger partial charge in [-0.25, -0.2) is 0 Å². The Kier molecular flexibility index (Phi) is 43.0. The van der Waals surface area contributed by atoms with Crippen LogP contribution < -0.4 is 4.89 Å². The monoisotopic (exact) mass is 866 g/mol. The predicted molar refractivity (Wildman–Crippen MR) is 254 cm³/mol. The molecular formula is C51H96NO7P. The smallest absolute Gasteiger partial charge is 0.306 e. The van der Waals surface area contributed by atoms with E-state index in [-0.39, 0.29) is 25.8 Å². The van der Waals surface area contributed by atoms with Crippen LogP contribution in [0.4, 0.5) is 0 Å². The lowest BCUT2D eigenvalue weighted by Crippen LogP contribution is -2.37. The fraction of sp³-hybridized carbons (Fsp3) is 0.824. The molecule has 2 atom stereocenters. The minimum Gasteiger partial charge on any atom is -0.756 e. The van der Waals surface area contributed by atoms with Crippen molar-refractivity contribution in [3.63, 3.8) is 0 Å². The van der Waals surface area contributed by atoms with Gasteiger partial charge in [0.05, 0.1) is 34.4 Å². The average molecular weight is 866 g/mol. The van der Waals surface area contributed by atoms with Crippen LogP contribution in [0.25, 0.3) is 0 Å². The number of hydrogen-bond donors (Lipinski definition) is 0. The molecule has 0 saturated carbocycles. The first-order valence-corrected chi connectivity index (χ1v) is 26.3. The van der Waals surface area contributed by atoms with Crippen LogP contribution in [0.3, 0.4) is 0 Å². The molecule has 2 unspecified atom stereocenters. The Hall–Kier alpha value is -1.54. The van der Waals surface area contributed by atoms with Gasteiger partial charge in [0, 0.05) is 13.0 Å². The van der Waals surface area contributed by atoms with E-state index < -0.39 is 13.9 Å². The van der Waals surface area contributed by atoms with Gasteiger partial charge in [0.2, 0.25) is 0 Å². The lowest BCUT2D eigenvalue weighted by Gasteiger charge is -2.28. The zero-order valence-electron chi connectivity index (χ0n) is 39.9. The maximum Gasteiger partial charge on any atom is 0.306 e. The molecule has 0 amide bonds. The van der Waals surface area contributed by atoms with Crippen molar-refractivity contribution in [3.05, 3.63) is 48.6 Å². The van der Waals surface area contributed by atoms with Crippen LogP contribution in [0.5, 0.6) is 0 Å². The van der Waals surface area contributed by atoms with Crippen molar-refractivity contribution in [3.8, 4) is 0 Å². The van der Waals surface area contributed by atoms with Gasteiger partial charge in [-0.2, -0.15) is 0 Å². The number of allylic oxidation sites excluding steroid dienone is 8. The van der Waals surface area contributed by atoms with Gasteiger partial charge in [0.1, 0.15) is 19.3 Å². The van der Waals surface area contributed by atoms with Gasteiger partial charge in [0.25, 0.3) is 7.82 Å². The number of rotatable bonds is 46. The van der Waals surface area contributed by atoms with Crippen molar-refractivity contribution < 1.29 is 37.3 Å². The van der Waals surface area contributed by atoms with Crippen molar-refractivity contribution in [1.29, 1.82) is 0 Å². The minimum absolute atomic E-state index is 0.0237. The summed E-state index contributed by atoms with van der Waals surface area (Å²) in [5.41, 5.74) is 0. The van der Waals surface area contributed by atoms with Gasteiger partial charge in [0.15, 0.2) is 0 Å². The molecule has 0 aliphatic heterocycles. The summed E-state index contributed by atoms with van der Waals surface area (Å²) in [7, 11) is 1.35. The molecule has 0 bridgehead atoms. The number of esters is 1. The van der Waals surface area contributed by atoms with E-state index in [2.05, 4.69) is 62.5 Å². The third-order valence-electron chi connectivity index (χ3n) is 10.6.